The minimum atomic E-state index is -3.60. The SMILES string of the molecule is CCN(CC)CCN(C(=O)CCS(=O)(=O)c1ccc(Cl)cc1)c1nc2cc(C)cc(C)c2s1. The summed E-state index contributed by atoms with van der Waals surface area (Å²) in [6, 6.07) is 10.1. The maximum Gasteiger partial charge on any atom is 0.229 e. The Balaban J connectivity index is 1.85. The Morgan fingerprint density at radius 1 is 1.06 bits per heavy atom. The lowest BCUT2D eigenvalue weighted by Gasteiger charge is -2.24. The second-order valence-electron chi connectivity index (χ2n) is 8.02. The lowest BCUT2D eigenvalue weighted by Crippen LogP contribution is -2.39. The average Bonchev–Trinajstić information content (AvgIpc) is 3.19. The molecule has 0 fully saturated rings. The van der Waals surface area contributed by atoms with Crippen LogP contribution >= 0.6 is 22.9 Å². The smallest absolute Gasteiger partial charge is 0.229 e. The first-order valence-corrected chi connectivity index (χ1v) is 13.9. The van der Waals surface area contributed by atoms with Crippen molar-refractivity contribution in [3.05, 3.63) is 52.5 Å². The number of aryl methyl sites for hydroxylation is 2. The van der Waals surface area contributed by atoms with E-state index in [9.17, 15) is 13.2 Å². The van der Waals surface area contributed by atoms with Crippen molar-refractivity contribution in [2.45, 2.75) is 39.0 Å². The van der Waals surface area contributed by atoms with Gasteiger partial charge in [0.05, 0.1) is 20.9 Å². The van der Waals surface area contributed by atoms with Crippen LogP contribution in [0.3, 0.4) is 0 Å². The standard InChI is InChI=1S/C24H30ClN3O3S2/c1-5-27(6-2)12-13-28(24-26-21-16-17(3)15-18(4)23(21)32-24)22(29)11-14-33(30,31)20-9-7-19(25)8-10-20/h7-10,15-16H,5-6,11-14H2,1-4H3. The molecule has 0 saturated carbocycles. The van der Waals surface area contributed by atoms with Gasteiger partial charge in [-0.15, -0.1) is 0 Å². The van der Waals surface area contributed by atoms with Crippen molar-refractivity contribution < 1.29 is 13.2 Å². The fraction of sp³-hybridized carbons (Fsp3) is 0.417. The zero-order chi connectivity index (χ0) is 24.2. The highest BCUT2D eigenvalue weighted by molar-refractivity contribution is 7.91. The number of anilines is 1. The van der Waals surface area contributed by atoms with Crippen LogP contribution in [0.4, 0.5) is 5.13 Å². The van der Waals surface area contributed by atoms with Crippen LogP contribution in [0.2, 0.25) is 5.02 Å². The largest absolute Gasteiger partial charge is 0.302 e. The number of hydrogen-bond donors (Lipinski definition) is 0. The number of aromatic nitrogens is 1. The Hall–Kier alpha value is -2.00. The third-order valence-corrected chi connectivity index (χ3v) is 8.85. The molecule has 0 atom stereocenters. The summed E-state index contributed by atoms with van der Waals surface area (Å²) in [5, 5.41) is 1.08. The van der Waals surface area contributed by atoms with E-state index in [2.05, 4.69) is 24.8 Å². The summed E-state index contributed by atoms with van der Waals surface area (Å²) >= 11 is 7.35. The van der Waals surface area contributed by atoms with Crippen molar-refractivity contribution in [2.75, 3.05) is 36.8 Å². The molecule has 0 spiro atoms. The van der Waals surface area contributed by atoms with Crippen LogP contribution in [0.15, 0.2) is 41.3 Å². The maximum atomic E-state index is 13.3. The third-order valence-electron chi connectivity index (χ3n) is 5.63. The number of fused-ring (bicyclic) bond motifs is 1. The van der Waals surface area contributed by atoms with E-state index in [1.54, 1.807) is 4.90 Å². The molecule has 0 aliphatic carbocycles. The van der Waals surface area contributed by atoms with E-state index >= 15 is 0 Å². The van der Waals surface area contributed by atoms with Gasteiger partial charge in [-0.1, -0.05) is 42.9 Å². The molecule has 0 N–H and O–H groups in total. The van der Waals surface area contributed by atoms with Gasteiger partial charge in [0.1, 0.15) is 0 Å². The van der Waals surface area contributed by atoms with E-state index in [4.69, 9.17) is 16.6 Å². The number of rotatable bonds is 10. The van der Waals surface area contributed by atoms with Crippen molar-refractivity contribution in [2.24, 2.45) is 0 Å². The highest BCUT2D eigenvalue weighted by atomic mass is 35.5. The fourth-order valence-electron chi connectivity index (χ4n) is 3.71. The Labute approximate surface area is 205 Å². The molecule has 0 bridgehead atoms. The zero-order valence-corrected chi connectivity index (χ0v) is 21.9. The van der Waals surface area contributed by atoms with E-state index in [1.807, 2.05) is 19.9 Å². The lowest BCUT2D eigenvalue weighted by atomic mass is 10.1. The summed E-state index contributed by atoms with van der Waals surface area (Å²) in [5.41, 5.74) is 3.10. The summed E-state index contributed by atoms with van der Waals surface area (Å²) in [7, 11) is -3.60. The van der Waals surface area contributed by atoms with Crippen molar-refractivity contribution in [1.29, 1.82) is 0 Å². The molecule has 0 radical (unpaired) electrons. The van der Waals surface area contributed by atoms with Crippen LogP contribution in [0.1, 0.15) is 31.4 Å². The number of hydrogen-bond acceptors (Lipinski definition) is 6. The number of carbonyl (C=O) groups excluding carboxylic acids is 1. The van der Waals surface area contributed by atoms with Gasteiger partial charge in [0.2, 0.25) is 5.91 Å². The third kappa shape index (κ3) is 6.32. The van der Waals surface area contributed by atoms with E-state index in [0.717, 1.165) is 34.4 Å². The van der Waals surface area contributed by atoms with Crippen LogP contribution in [-0.2, 0) is 14.6 Å². The van der Waals surface area contributed by atoms with E-state index in [1.165, 1.54) is 35.6 Å². The van der Waals surface area contributed by atoms with Gasteiger partial charge in [-0.25, -0.2) is 13.4 Å². The quantitative estimate of drug-likeness (QED) is 0.381. The molecule has 178 valence electrons. The molecule has 0 saturated heterocycles. The highest BCUT2D eigenvalue weighted by Crippen LogP contribution is 2.32. The fourth-order valence-corrected chi connectivity index (χ4v) is 6.12. The second-order valence-corrected chi connectivity index (χ2v) is 11.5. The molecule has 33 heavy (non-hydrogen) atoms. The molecule has 0 aliphatic heterocycles. The average molecular weight is 508 g/mol. The van der Waals surface area contributed by atoms with E-state index < -0.39 is 9.84 Å². The number of benzene rings is 2. The second kappa shape index (κ2) is 11.0. The van der Waals surface area contributed by atoms with Gasteiger partial charge in [0, 0.05) is 24.5 Å². The number of sulfone groups is 1. The number of halogens is 1. The van der Waals surface area contributed by atoms with Gasteiger partial charge >= 0.3 is 0 Å². The first-order chi connectivity index (χ1) is 15.6. The topological polar surface area (TPSA) is 70.6 Å². The van der Waals surface area contributed by atoms with E-state index in [-0.39, 0.29) is 23.0 Å². The molecule has 3 rings (SSSR count). The summed E-state index contributed by atoms with van der Waals surface area (Å²) in [6.45, 7) is 11.1. The van der Waals surface area contributed by atoms with Gasteiger partial charge in [0.15, 0.2) is 15.0 Å². The van der Waals surface area contributed by atoms with Gasteiger partial charge in [0.25, 0.3) is 0 Å². The van der Waals surface area contributed by atoms with Crippen LogP contribution < -0.4 is 4.90 Å². The number of nitrogens with zero attached hydrogens (tertiary/aromatic N) is 3. The lowest BCUT2D eigenvalue weighted by molar-refractivity contribution is -0.118. The Morgan fingerprint density at radius 2 is 1.73 bits per heavy atom. The molecular formula is C24H30ClN3O3S2. The molecule has 6 nitrogen and oxygen atoms in total. The van der Waals surface area contributed by atoms with Gasteiger partial charge in [-0.05, 0) is 68.4 Å². The molecule has 9 heteroatoms. The molecule has 1 amide bonds. The predicted octanol–water partition coefficient (Wildman–Crippen LogP) is 5.11. The maximum absolute atomic E-state index is 13.3. The van der Waals surface area contributed by atoms with Crippen molar-refractivity contribution in [1.82, 2.24) is 9.88 Å². The van der Waals surface area contributed by atoms with Crippen molar-refractivity contribution in [3.63, 3.8) is 0 Å². The molecule has 3 aromatic rings. The Bertz CT molecular complexity index is 1220. The Kier molecular flexibility index (Phi) is 8.50. The summed E-state index contributed by atoms with van der Waals surface area (Å²) in [5.74, 6) is -0.508. The summed E-state index contributed by atoms with van der Waals surface area (Å²) in [6.07, 6.45) is -0.114. The van der Waals surface area contributed by atoms with Gasteiger partial charge < -0.3 is 4.90 Å². The van der Waals surface area contributed by atoms with Crippen molar-refractivity contribution >= 4 is 54.0 Å². The van der Waals surface area contributed by atoms with Crippen LogP contribution in [-0.4, -0.2) is 56.1 Å². The van der Waals surface area contributed by atoms with Gasteiger partial charge in [-0.2, -0.15) is 0 Å². The summed E-state index contributed by atoms with van der Waals surface area (Å²) in [4.78, 5) is 22.1. The minimum absolute atomic E-state index is 0.114. The highest BCUT2D eigenvalue weighted by Gasteiger charge is 2.24. The number of thiazole rings is 1. The van der Waals surface area contributed by atoms with E-state index in [0.29, 0.717) is 23.2 Å². The van der Waals surface area contributed by atoms with Crippen LogP contribution in [0, 0.1) is 13.8 Å². The van der Waals surface area contributed by atoms with Crippen molar-refractivity contribution in [3.8, 4) is 0 Å². The summed E-state index contributed by atoms with van der Waals surface area (Å²) < 4.78 is 26.6. The number of likely N-dealkylation sites (N-methyl/N-ethyl adjacent to an activating group) is 1. The molecule has 1 heterocycles. The minimum Gasteiger partial charge on any atom is -0.302 e. The number of carbonyl (C=O) groups is 1. The number of amides is 1. The molecule has 1 aromatic heterocycles. The van der Waals surface area contributed by atoms with Crippen LogP contribution in [0.25, 0.3) is 10.2 Å². The molecule has 0 aliphatic rings. The zero-order valence-electron chi connectivity index (χ0n) is 19.5. The van der Waals surface area contributed by atoms with Gasteiger partial charge in [-0.3, -0.25) is 9.69 Å². The van der Waals surface area contributed by atoms with Crippen LogP contribution in [0.5, 0.6) is 0 Å². The first-order valence-electron chi connectivity index (χ1n) is 11.0. The Morgan fingerprint density at radius 3 is 2.36 bits per heavy atom. The monoisotopic (exact) mass is 507 g/mol. The first kappa shape index (κ1) is 25.6. The molecule has 0 unspecified atom stereocenters. The normalized spacial score (nSPS) is 11.9. The molecule has 2 aromatic carbocycles. The molecular weight excluding hydrogens is 478 g/mol. The predicted molar refractivity (Wildman–Crippen MR) is 137 cm³/mol.